The molecule has 3 unspecified atom stereocenters. The number of β-amino-alcohol motifs (C(OH)–C–C–N with tert-alkyl or cyclic N) is 1. The van der Waals surface area contributed by atoms with Gasteiger partial charge in [0.2, 0.25) is 5.91 Å². The third-order valence-electron chi connectivity index (χ3n) is 3.59. The number of rotatable bonds is 2. The zero-order valence-corrected chi connectivity index (χ0v) is 11.5. The number of nitrogens with zero attached hydrogens (tertiary/aromatic N) is 1. The van der Waals surface area contributed by atoms with Gasteiger partial charge in [-0.3, -0.25) is 9.59 Å². The van der Waals surface area contributed by atoms with E-state index < -0.39 is 23.4 Å². The molecule has 0 aliphatic carbocycles. The van der Waals surface area contributed by atoms with E-state index in [0.29, 0.717) is 13.0 Å². The summed E-state index contributed by atoms with van der Waals surface area (Å²) in [5, 5.41) is 19.0. The van der Waals surface area contributed by atoms with Crippen molar-refractivity contribution in [3.05, 3.63) is 0 Å². The third kappa shape index (κ3) is 3.22. The summed E-state index contributed by atoms with van der Waals surface area (Å²) >= 11 is 0. The summed E-state index contributed by atoms with van der Waals surface area (Å²) in [5.41, 5.74) is -0.628. The summed E-state index contributed by atoms with van der Waals surface area (Å²) in [4.78, 5) is 25.0. The number of carbonyl (C=O) groups excluding carboxylic acids is 1. The summed E-state index contributed by atoms with van der Waals surface area (Å²) in [7, 11) is 0. The van der Waals surface area contributed by atoms with Crippen LogP contribution in [0.2, 0.25) is 0 Å². The Kier molecular flexibility index (Phi) is 4.37. The topological polar surface area (TPSA) is 77.8 Å². The molecule has 0 aromatic rings. The maximum absolute atomic E-state index is 12.3. The Morgan fingerprint density at radius 3 is 2.28 bits per heavy atom. The van der Waals surface area contributed by atoms with Gasteiger partial charge in [0.25, 0.3) is 0 Å². The highest BCUT2D eigenvalue weighted by molar-refractivity contribution is 5.97. The Labute approximate surface area is 108 Å². The zero-order chi connectivity index (χ0) is 14.1. The van der Waals surface area contributed by atoms with E-state index in [4.69, 9.17) is 0 Å². The summed E-state index contributed by atoms with van der Waals surface area (Å²) in [6, 6.07) is 0. The minimum Gasteiger partial charge on any atom is -0.481 e. The van der Waals surface area contributed by atoms with Crippen LogP contribution in [0.15, 0.2) is 0 Å². The molecule has 0 aromatic heterocycles. The lowest BCUT2D eigenvalue weighted by molar-refractivity contribution is -0.158. The molecule has 0 aromatic carbocycles. The number of carbonyl (C=O) groups is 2. The van der Waals surface area contributed by atoms with Crippen molar-refractivity contribution in [2.24, 2.45) is 17.3 Å². The number of aliphatic hydroxyl groups is 1. The molecule has 5 nitrogen and oxygen atoms in total. The lowest BCUT2D eigenvalue weighted by Gasteiger charge is -2.38. The third-order valence-corrected chi connectivity index (χ3v) is 3.59. The van der Waals surface area contributed by atoms with Gasteiger partial charge in [-0.1, -0.05) is 27.7 Å². The van der Waals surface area contributed by atoms with Gasteiger partial charge in [0.05, 0.1) is 6.10 Å². The Morgan fingerprint density at radius 1 is 1.33 bits per heavy atom. The SMILES string of the molecule is CC1CCN(C(=O)C(C(=O)O)C(C)(C)C)CC1O. The van der Waals surface area contributed by atoms with Crippen LogP contribution in [0.5, 0.6) is 0 Å². The minimum atomic E-state index is -1.10. The van der Waals surface area contributed by atoms with Crippen molar-refractivity contribution in [2.75, 3.05) is 13.1 Å². The second-order valence-corrected chi connectivity index (χ2v) is 6.25. The Bertz CT molecular complexity index is 334. The van der Waals surface area contributed by atoms with Crippen molar-refractivity contribution in [3.63, 3.8) is 0 Å². The number of aliphatic carboxylic acids is 1. The first-order valence-electron chi connectivity index (χ1n) is 6.34. The van der Waals surface area contributed by atoms with Gasteiger partial charge in [-0.2, -0.15) is 0 Å². The number of carboxylic acids is 1. The fraction of sp³-hybridized carbons (Fsp3) is 0.846. The standard InChI is InChI=1S/C13H23NO4/c1-8-5-6-14(7-9(8)15)11(16)10(12(17)18)13(2,3)4/h8-10,15H,5-7H2,1-4H3,(H,17,18). The van der Waals surface area contributed by atoms with E-state index in [-0.39, 0.29) is 18.4 Å². The van der Waals surface area contributed by atoms with E-state index in [1.807, 2.05) is 6.92 Å². The zero-order valence-electron chi connectivity index (χ0n) is 11.5. The Morgan fingerprint density at radius 2 is 1.89 bits per heavy atom. The second-order valence-electron chi connectivity index (χ2n) is 6.25. The molecule has 1 fully saturated rings. The normalized spacial score (nSPS) is 26.8. The molecule has 1 aliphatic rings. The number of piperidine rings is 1. The smallest absolute Gasteiger partial charge is 0.316 e. The van der Waals surface area contributed by atoms with Crippen molar-refractivity contribution in [2.45, 2.75) is 40.2 Å². The van der Waals surface area contributed by atoms with Gasteiger partial charge in [-0.25, -0.2) is 0 Å². The van der Waals surface area contributed by atoms with Crippen LogP contribution < -0.4 is 0 Å². The molecule has 0 saturated carbocycles. The molecule has 1 heterocycles. The van der Waals surface area contributed by atoms with Gasteiger partial charge in [0.1, 0.15) is 5.92 Å². The van der Waals surface area contributed by atoms with Gasteiger partial charge in [-0.05, 0) is 17.8 Å². The van der Waals surface area contributed by atoms with Crippen LogP contribution in [-0.4, -0.2) is 46.2 Å². The molecule has 1 rings (SSSR count). The van der Waals surface area contributed by atoms with Crippen LogP contribution in [0.1, 0.15) is 34.1 Å². The summed E-state index contributed by atoms with van der Waals surface area (Å²) in [6.07, 6.45) is 0.153. The van der Waals surface area contributed by atoms with E-state index in [2.05, 4.69) is 0 Å². The molecular weight excluding hydrogens is 234 g/mol. The average molecular weight is 257 g/mol. The molecule has 18 heavy (non-hydrogen) atoms. The minimum absolute atomic E-state index is 0.159. The fourth-order valence-corrected chi connectivity index (χ4v) is 2.28. The maximum atomic E-state index is 12.3. The Hall–Kier alpha value is -1.10. The molecule has 5 heteroatoms. The van der Waals surface area contributed by atoms with E-state index in [9.17, 15) is 19.8 Å². The van der Waals surface area contributed by atoms with Crippen LogP contribution in [0.3, 0.4) is 0 Å². The van der Waals surface area contributed by atoms with Crippen molar-refractivity contribution in [1.29, 1.82) is 0 Å². The van der Waals surface area contributed by atoms with Crippen LogP contribution in [0.25, 0.3) is 0 Å². The Balaban J connectivity index is 2.82. The van der Waals surface area contributed by atoms with Gasteiger partial charge < -0.3 is 15.1 Å². The first-order chi connectivity index (χ1) is 8.14. The number of aliphatic hydroxyl groups excluding tert-OH is 1. The molecule has 0 radical (unpaired) electrons. The highest BCUT2D eigenvalue weighted by atomic mass is 16.4. The second kappa shape index (κ2) is 5.26. The predicted molar refractivity (Wildman–Crippen MR) is 66.9 cm³/mol. The van der Waals surface area contributed by atoms with Crippen LogP contribution in [0, 0.1) is 17.3 Å². The molecular formula is C13H23NO4. The quantitative estimate of drug-likeness (QED) is 0.722. The largest absolute Gasteiger partial charge is 0.481 e. The fourth-order valence-electron chi connectivity index (χ4n) is 2.28. The summed E-state index contributed by atoms with van der Waals surface area (Å²) in [5.74, 6) is -2.38. The first kappa shape index (κ1) is 15.0. The number of amides is 1. The van der Waals surface area contributed by atoms with Crippen molar-refractivity contribution in [3.8, 4) is 0 Å². The van der Waals surface area contributed by atoms with Crippen LogP contribution >= 0.6 is 0 Å². The molecule has 104 valence electrons. The van der Waals surface area contributed by atoms with E-state index in [1.165, 1.54) is 4.90 Å². The monoisotopic (exact) mass is 257 g/mol. The molecule has 1 aliphatic heterocycles. The van der Waals surface area contributed by atoms with Crippen molar-refractivity contribution >= 4 is 11.9 Å². The summed E-state index contributed by atoms with van der Waals surface area (Å²) < 4.78 is 0. The molecule has 1 saturated heterocycles. The molecule has 3 atom stereocenters. The van der Waals surface area contributed by atoms with E-state index >= 15 is 0 Å². The molecule has 0 bridgehead atoms. The van der Waals surface area contributed by atoms with Gasteiger partial charge in [0.15, 0.2) is 0 Å². The highest BCUT2D eigenvalue weighted by Crippen LogP contribution is 2.29. The number of hydrogen-bond acceptors (Lipinski definition) is 3. The molecule has 0 spiro atoms. The number of likely N-dealkylation sites (tertiary alicyclic amines) is 1. The first-order valence-corrected chi connectivity index (χ1v) is 6.34. The number of hydrogen-bond donors (Lipinski definition) is 2. The lowest BCUT2D eigenvalue weighted by atomic mass is 9.79. The molecule has 1 amide bonds. The number of carboxylic acid groups (broad SMARTS) is 1. The highest BCUT2D eigenvalue weighted by Gasteiger charge is 2.41. The van der Waals surface area contributed by atoms with E-state index in [1.54, 1.807) is 20.8 Å². The van der Waals surface area contributed by atoms with Gasteiger partial charge in [0, 0.05) is 13.1 Å². The van der Waals surface area contributed by atoms with E-state index in [0.717, 1.165) is 0 Å². The van der Waals surface area contributed by atoms with Crippen LogP contribution in [0.4, 0.5) is 0 Å². The lowest BCUT2D eigenvalue weighted by Crippen LogP contribution is -2.51. The summed E-state index contributed by atoms with van der Waals surface area (Å²) in [6.45, 7) is 7.92. The van der Waals surface area contributed by atoms with Crippen molar-refractivity contribution in [1.82, 2.24) is 4.90 Å². The van der Waals surface area contributed by atoms with Gasteiger partial charge >= 0.3 is 5.97 Å². The average Bonchev–Trinajstić information content (AvgIpc) is 2.19. The van der Waals surface area contributed by atoms with Crippen LogP contribution in [-0.2, 0) is 9.59 Å². The van der Waals surface area contributed by atoms with Gasteiger partial charge in [-0.15, -0.1) is 0 Å². The predicted octanol–water partition coefficient (Wildman–Crippen LogP) is 0.963. The van der Waals surface area contributed by atoms with Crippen molar-refractivity contribution < 1.29 is 19.8 Å². The molecule has 2 N–H and O–H groups in total. The maximum Gasteiger partial charge on any atom is 0.316 e.